The van der Waals surface area contributed by atoms with Crippen LogP contribution in [0, 0.1) is 11.6 Å². The summed E-state index contributed by atoms with van der Waals surface area (Å²) in [5, 5.41) is 2.20. The average molecular weight is 573 g/mol. The Morgan fingerprint density at radius 2 is 1.67 bits per heavy atom. The van der Waals surface area contributed by atoms with Gasteiger partial charge in [0.2, 0.25) is 0 Å². The van der Waals surface area contributed by atoms with Crippen LogP contribution < -0.4 is 19.7 Å². The Morgan fingerprint density at radius 3 is 2.36 bits per heavy atom. The van der Waals surface area contributed by atoms with Gasteiger partial charge in [0.1, 0.15) is 23.8 Å². The van der Waals surface area contributed by atoms with Crippen LogP contribution in [-0.2, 0) is 16.2 Å². The SMILES string of the molecule is CCOc1cc(/C=C2\C(=O)NC(=S)N(c3ccccc3F)C2=O)c(Br)cc1OCc1ccccc1F. The third kappa shape index (κ3) is 5.29. The van der Waals surface area contributed by atoms with Crippen LogP contribution in [0.4, 0.5) is 14.5 Å². The number of nitrogens with one attached hydrogen (secondary N) is 1. The number of hydrogen-bond donors (Lipinski definition) is 1. The Hall–Kier alpha value is -3.63. The summed E-state index contributed by atoms with van der Waals surface area (Å²) in [6, 6.07) is 15.0. The Kier molecular flexibility index (Phi) is 7.76. The van der Waals surface area contributed by atoms with Gasteiger partial charge in [-0.1, -0.05) is 46.3 Å². The van der Waals surface area contributed by atoms with Crippen molar-refractivity contribution in [2.24, 2.45) is 0 Å². The van der Waals surface area contributed by atoms with Gasteiger partial charge < -0.3 is 9.47 Å². The summed E-state index contributed by atoms with van der Waals surface area (Å²) < 4.78 is 40.3. The standard InChI is InChI=1S/C26H19BrF2N2O4S/c1-2-34-22-12-16(18(27)13-23(22)35-14-15-7-3-4-8-19(15)28)11-17-24(32)30-26(36)31(25(17)33)21-10-6-5-9-20(21)29/h3-13H,2,14H2,1H3,(H,30,32,36)/b17-11+. The zero-order valence-corrected chi connectivity index (χ0v) is 21.3. The fourth-order valence-corrected chi connectivity index (χ4v) is 4.19. The number of benzene rings is 3. The van der Waals surface area contributed by atoms with E-state index in [1.807, 2.05) is 0 Å². The van der Waals surface area contributed by atoms with Gasteiger partial charge in [0, 0.05) is 10.0 Å². The number of carbonyl (C=O) groups is 2. The summed E-state index contributed by atoms with van der Waals surface area (Å²) in [6.07, 6.45) is 1.35. The molecular formula is C26H19BrF2N2O4S. The molecule has 1 saturated heterocycles. The molecule has 4 rings (SSSR count). The second-order valence-corrected chi connectivity index (χ2v) is 8.78. The molecule has 0 saturated carbocycles. The number of rotatable bonds is 7. The van der Waals surface area contributed by atoms with E-state index in [2.05, 4.69) is 21.2 Å². The Bertz CT molecular complexity index is 1400. The van der Waals surface area contributed by atoms with Crippen molar-refractivity contribution in [3.05, 3.63) is 93.5 Å². The summed E-state index contributed by atoms with van der Waals surface area (Å²) in [5.74, 6) is -1.90. The lowest BCUT2D eigenvalue weighted by atomic mass is 10.1. The first kappa shape index (κ1) is 25.5. The summed E-state index contributed by atoms with van der Waals surface area (Å²) in [4.78, 5) is 26.8. The first-order chi connectivity index (χ1) is 17.3. The molecule has 2 amide bonds. The zero-order chi connectivity index (χ0) is 25.8. The molecule has 0 atom stereocenters. The van der Waals surface area contributed by atoms with E-state index >= 15 is 0 Å². The molecule has 0 bridgehead atoms. The zero-order valence-electron chi connectivity index (χ0n) is 18.9. The number of halogens is 3. The van der Waals surface area contributed by atoms with Crippen LogP contribution >= 0.6 is 28.1 Å². The van der Waals surface area contributed by atoms with Crippen molar-refractivity contribution in [1.29, 1.82) is 0 Å². The van der Waals surface area contributed by atoms with E-state index in [1.54, 1.807) is 43.3 Å². The Labute approximate surface area is 219 Å². The number of nitrogens with zero attached hydrogens (tertiary/aromatic N) is 1. The molecule has 3 aromatic rings. The molecule has 1 aliphatic rings. The van der Waals surface area contributed by atoms with Gasteiger partial charge in [-0.25, -0.2) is 13.7 Å². The van der Waals surface area contributed by atoms with Gasteiger partial charge in [0.25, 0.3) is 11.8 Å². The molecule has 3 aromatic carbocycles. The fourth-order valence-electron chi connectivity index (χ4n) is 3.48. The lowest BCUT2D eigenvalue weighted by Gasteiger charge is -2.29. The maximum absolute atomic E-state index is 14.4. The van der Waals surface area contributed by atoms with E-state index in [0.29, 0.717) is 33.7 Å². The van der Waals surface area contributed by atoms with Crippen molar-refractivity contribution < 1.29 is 27.8 Å². The maximum atomic E-state index is 14.4. The van der Waals surface area contributed by atoms with Crippen LogP contribution in [0.1, 0.15) is 18.1 Å². The third-order valence-corrected chi connectivity index (χ3v) is 6.17. The third-order valence-electron chi connectivity index (χ3n) is 5.20. The lowest BCUT2D eigenvalue weighted by molar-refractivity contribution is -0.122. The molecule has 1 N–H and O–H groups in total. The number of anilines is 1. The first-order valence-corrected chi connectivity index (χ1v) is 12.0. The molecule has 0 aliphatic carbocycles. The highest BCUT2D eigenvalue weighted by Crippen LogP contribution is 2.36. The summed E-state index contributed by atoms with van der Waals surface area (Å²) in [7, 11) is 0. The highest BCUT2D eigenvalue weighted by molar-refractivity contribution is 9.10. The molecule has 1 aliphatic heterocycles. The summed E-state index contributed by atoms with van der Waals surface area (Å²) in [5.41, 5.74) is 0.465. The molecule has 6 nitrogen and oxygen atoms in total. The monoisotopic (exact) mass is 572 g/mol. The quantitative estimate of drug-likeness (QED) is 0.229. The molecule has 10 heteroatoms. The number of amides is 2. The maximum Gasteiger partial charge on any atom is 0.270 e. The minimum Gasteiger partial charge on any atom is -0.490 e. The molecular weight excluding hydrogens is 554 g/mol. The number of thiocarbonyl (C=S) groups is 1. The van der Waals surface area contributed by atoms with Crippen LogP contribution in [0.2, 0.25) is 0 Å². The smallest absolute Gasteiger partial charge is 0.270 e. The van der Waals surface area contributed by atoms with Gasteiger partial charge >= 0.3 is 0 Å². The summed E-state index contributed by atoms with van der Waals surface area (Å²) in [6.45, 7) is 2.06. The Morgan fingerprint density at radius 1 is 1.00 bits per heavy atom. The van der Waals surface area contributed by atoms with Crippen LogP contribution in [0.15, 0.2) is 70.7 Å². The molecule has 184 valence electrons. The highest BCUT2D eigenvalue weighted by atomic mass is 79.9. The van der Waals surface area contributed by atoms with Gasteiger partial charge in [-0.15, -0.1) is 0 Å². The molecule has 0 spiro atoms. The Balaban J connectivity index is 1.68. The molecule has 1 fully saturated rings. The predicted octanol–water partition coefficient (Wildman–Crippen LogP) is 5.54. The normalized spacial score (nSPS) is 14.7. The average Bonchev–Trinajstić information content (AvgIpc) is 2.84. The minimum atomic E-state index is -0.779. The van der Waals surface area contributed by atoms with Crippen LogP contribution in [0.5, 0.6) is 11.5 Å². The van der Waals surface area contributed by atoms with E-state index in [0.717, 1.165) is 4.90 Å². The van der Waals surface area contributed by atoms with E-state index in [9.17, 15) is 18.4 Å². The fraction of sp³-hybridized carbons (Fsp3) is 0.115. The van der Waals surface area contributed by atoms with E-state index in [-0.39, 0.29) is 23.0 Å². The van der Waals surface area contributed by atoms with Crippen molar-refractivity contribution in [2.75, 3.05) is 11.5 Å². The summed E-state index contributed by atoms with van der Waals surface area (Å²) >= 11 is 8.55. The van der Waals surface area contributed by atoms with Crippen molar-refractivity contribution in [3.8, 4) is 11.5 Å². The largest absolute Gasteiger partial charge is 0.490 e. The second-order valence-electron chi connectivity index (χ2n) is 7.54. The van der Waals surface area contributed by atoms with Crippen LogP contribution in [0.3, 0.4) is 0 Å². The van der Waals surface area contributed by atoms with Gasteiger partial charge in [0.15, 0.2) is 16.6 Å². The first-order valence-electron chi connectivity index (χ1n) is 10.8. The van der Waals surface area contributed by atoms with Crippen LogP contribution in [0.25, 0.3) is 6.08 Å². The second kappa shape index (κ2) is 11.0. The number of para-hydroxylation sites is 1. The van der Waals surface area contributed by atoms with Crippen molar-refractivity contribution in [1.82, 2.24) is 5.32 Å². The molecule has 36 heavy (non-hydrogen) atoms. The van der Waals surface area contributed by atoms with Gasteiger partial charge in [-0.05, 0) is 61.1 Å². The lowest BCUT2D eigenvalue weighted by Crippen LogP contribution is -2.54. The minimum absolute atomic E-state index is 0.0322. The molecule has 0 unspecified atom stereocenters. The van der Waals surface area contributed by atoms with E-state index in [4.69, 9.17) is 21.7 Å². The number of ether oxygens (including phenoxy) is 2. The predicted molar refractivity (Wildman–Crippen MR) is 139 cm³/mol. The molecule has 0 radical (unpaired) electrons. The number of carbonyl (C=O) groups excluding carboxylic acids is 2. The van der Waals surface area contributed by atoms with E-state index in [1.165, 1.54) is 30.3 Å². The van der Waals surface area contributed by atoms with Crippen molar-refractivity contribution >= 4 is 56.8 Å². The topological polar surface area (TPSA) is 67.9 Å². The van der Waals surface area contributed by atoms with Crippen LogP contribution in [-0.4, -0.2) is 23.5 Å². The highest BCUT2D eigenvalue weighted by Gasteiger charge is 2.35. The molecule has 0 aromatic heterocycles. The van der Waals surface area contributed by atoms with Crippen molar-refractivity contribution in [2.45, 2.75) is 13.5 Å². The number of hydrogen-bond acceptors (Lipinski definition) is 5. The van der Waals surface area contributed by atoms with Gasteiger partial charge in [-0.2, -0.15) is 0 Å². The van der Waals surface area contributed by atoms with Gasteiger partial charge in [-0.3, -0.25) is 14.9 Å². The van der Waals surface area contributed by atoms with E-state index < -0.39 is 23.4 Å². The van der Waals surface area contributed by atoms with Gasteiger partial charge in [0.05, 0.1) is 12.3 Å². The molecule has 1 heterocycles. The van der Waals surface area contributed by atoms with Crippen molar-refractivity contribution in [3.63, 3.8) is 0 Å².